The Labute approximate surface area is 211 Å². The molecule has 6 heteroatoms. The molecule has 0 spiro atoms. The first-order chi connectivity index (χ1) is 17.8. The molecule has 6 nitrogen and oxygen atoms in total. The molecule has 0 saturated carbocycles. The first-order valence-electron chi connectivity index (χ1n) is 12.7. The fourth-order valence-corrected chi connectivity index (χ4v) is 5.77. The number of rotatable bonds is 7. The summed E-state index contributed by atoms with van der Waals surface area (Å²) in [6.07, 6.45) is 3.17. The minimum Gasteiger partial charge on any atom is -0.384 e. The van der Waals surface area contributed by atoms with Crippen LogP contribution in [0.3, 0.4) is 0 Å². The summed E-state index contributed by atoms with van der Waals surface area (Å²) in [6, 6.07) is 32.7. The largest absolute Gasteiger partial charge is 0.384 e. The van der Waals surface area contributed by atoms with E-state index in [4.69, 9.17) is 5.73 Å². The molecule has 1 aliphatic carbocycles. The Balaban J connectivity index is 1.25. The van der Waals surface area contributed by atoms with E-state index in [1.807, 2.05) is 12.1 Å². The third-order valence-corrected chi connectivity index (χ3v) is 7.44. The van der Waals surface area contributed by atoms with Crippen molar-refractivity contribution < 1.29 is 0 Å². The van der Waals surface area contributed by atoms with Crippen LogP contribution in [0.15, 0.2) is 91.0 Å². The van der Waals surface area contributed by atoms with Gasteiger partial charge in [0.2, 0.25) is 5.65 Å². The second-order valence-electron chi connectivity index (χ2n) is 9.56. The Kier molecular flexibility index (Phi) is 6.18. The number of pyridine rings is 1. The van der Waals surface area contributed by atoms with Gasteiger partial charge < -0.3 is 11.1 Å². The van der Waals surface area contributed by atoms with Crippen molar-refractivity contribution in [1.29, 1.82) is 0 Å². The molecule has 0 amide bonds. The Morgan fingerprint density at radius 2 is 1.58 bits per heavy atom. The normalized spacial score (nSPS) is 18.1. The van der Waals surface area contributed by atoms with Gasteiger partial charge in [0.25, 0.3) is 0 Å². The van der Waals surface area contributed by atoms with E-state index >= 15 is 0 Å². The van der Waals surface area contributed by atoms with Crippen molar-refractivity contribution in [3.05, 3.63) is 119 Å². The van der Waals surface area contributed by atoms with Gasteiger partial charge in [0, 0.05) is 17.9 Å². The van der Waals surface area contributed by atoms with Gasteiger partial charge in [-0.3, -0.25) is 0 Å². The van der Waals surface area contributed by atoms with E-state index in [0.717, 1.165) is 36.9 Å². The number of nitrogens with zero attached hydrogens (tertiary/aromatic N) is 3. The molecule has 0 bridgehead atoms. The number of hydrogen-bond acceptors (Lipinski definition) is 5. The molecule has 0 aliphatic heterocycles. The monoisotopic (exact) mass is 474 g/mol. The number of nitrogens with one attached hydrogen (secondary N) is 2. The zero-order valence-electron chi connectivity index (χ0n) is 20.1. The van der Waals surface area contributed by atoms with Crippen molar-refractivity contribution in [1.82, 2.24) is 25.7 Å². The second kappa shape index (κ2) is 9.91. The van der Waals surface area contributed by atoms with Crippen molar-refractivity contribution in [2.75, 3.05) is 12.3 Å². The lowest BCUT2D eigenvalue weighted by molar-refractivity contribution is 0.433. The predicted molar refractivity (Wildman–Crippen MR) is 144 cm³/mol. The van der Waals surface area contributed by atoms with Crippen molar-refractivity contribution >= 4 is 17.0 Å². The highest BCUT2D eigenvalue weighted by Crippen LogP contribution is 2.41. The Morgan fingerprint density at radius 1 is 0.861 bits per heavy atom. The smallest absolute Gasteiger partial charge is 0.203 e. The van der Waals surface area contributed by atoms with Crippen LogP contribution in [-0.4, -0.2) is 26.9 Å². The van der Waals surface area contributed by atoms with E-state index in [0.29, 0.717) is 23.4 Å². The molecular formula is C30H30N6. The lowest BCUT2D eigenvalue weighted by Crippen LogP contribution is -2.28. The Bertz CT molecular complexity index is 1450. The van der Waals surface area contributed by atoms with Crippen molar-refractivity contribution in [2.45, 2.75) is 37.1 Å². The Morgan fingerprint density at radius 3 is 2.39 bits per heavy atom. The van der Waals surface area contributed by atoms with E-state index in [9.17, 15) is 0 Å². The fraction of sp³-hybridized carbons (Fsp3) is 0.233. The topological polar surface area (TPSA) is 92.5 Å². The molecule has 1 unspecified atom stereocenters. The van der Waals surface area contributed by atoms with Crippen molar-refractivity contribution in [2.24, 2.45) is 0 Å². The Hall–Kier alpha value is -4.03. The van der Waals surface area contributed by atoms with Gasteiger partial charge in [-0.15, -0.1) is 5.10 Å². The van der Waals surface area contributed by atoms with E-state index in [2.05, 4.69) is 105 Å². The van der Waals surface area contributed by atoms with Gasteiger partial charge in [-0.05, 0) is 59.7 Å². The zero-order chi connectivity index (χ0) is 24.3. The molecule has 4 N–H and O–H groups in total. The number of hydrogen-bond donors (Lipinski definition) is 3. The molecule has 0 saturated heterocycles. The molecule has 3 atom stereocenters. The molecule has 2 aromatic heterocycles. The summed E-state index contributed by atoms with van der Waals surface area (Å²) >= 11 is 0. The zero-order valence-corrected chi connectivity index (χ0v) is 20.1. The van der Waals surface area contributed by atoms with Crippen LogP contribution in [0.5, 0.6) is 0 Å². The molecule has 0 fully saturated rings. The minimum atomic E-state index is 0.132. The summed E-state index contributed by atoms with van der Waals surface area (Å²) in [6.45, 7) is 0.871. The molecule has 180 valence electrons. The molecule has 2 heterocycles. The standard InChI is InChI=1S/C30H30N6/c31-28-19-26(29-30(33-28)35-36-34-29)23(21-11-5-2-6-12-21)17-18-32-27-16-15-22(20-9-3-1-4-10-20)24-13-7-8-14-25(24)27/h1-14,19,22-23,27,32H,15-18H2,(H3,31,33,34,35,36)/t22-,23?,27-/m0/s1. The van der Waals surface area contributed by atoms with Crippen LogP contribution in [-0.2, 0) is 0 Å². The first kappa shape index (κ1) is 22.4. The SMILES string of the molecule is Nc1cc(C(CCN[C@H]2CC[C@@H](c3ccccc3)c3ccccc32)c2ccccc2)c2n[nH]nc2n1. The van der Waals surface area contributed by atoms with Crippen LogP contribution in [0.4, 0.5) is 5.82 Å². The molecule has 36 heavy (non-hydrogen) atoms. The maximum absolute atomic E-state index is 6.15. The molecule has 6 rings (SSSR count). The van der Waals surface area contributed by atoms with Crippen LogP contribution in [0.2, 0.25) is 0 Å². The predicted octanol–water partition coefficient (Wildman–Crippen LogP) is 5.71. The molecule has 3 aromatic carbocycles. The summed E-state index contributed by atoms with van der Waals surface area (Å²) in [7, 11) is 0. The van der Waals surface area contributed by atoms with Crippen LogP contribution in [0, 0.1) is 0 Å². The number of nitrogens with two attached hydrogens (primary N) is 1. The van der Waals surface area contributed by atoms with Gasteiger partial charge in [0.15, 0.2) is 0 Å². The van der Waals surface area contributed by atoms with Gasteiger partial charge >= 0.3 is 0 Å². The van der Waals surface area contributed by atoms with E-state index < -0.39 is 0 Å². The van der Waals surface area contributed by atoms with Crippen LogP contribution >= 0.6 is 0 Å². The highest BCUT2D eigenvalue weighted by atomic mass is 15.3. The third-order valence-electron chi connectivity index (χ3n) is 7.44. The van der Waals surface area contributed by atoms with E-state index in [-0.39, 0.29) is 5.92 Å². The van der Waals surface area contributed by atoms with Gasteiger partial charge in [-0.25, -0.2) is 4.98 Å². The maximum Gasteiger partial charge on any atom is 0.203 e. The third kappa shape index (κ3) is 4.36. The summed E-state index contributed by atoms with van der Waals surface area (Å²) in [5.41, 5.74) is 14.1. The van der Waals surface area contributed by atoms with E-state index in [1.165, 1.54) is 22.3 Å². The molecule has 0 radical (unpaired) electrons. The number of aromatic amines is 1. The van der Waals surface area contributed by atoms with Crippen molar-refractivity contribution in [3.63, 3.8) is 0 Å². The highest BCUT2D eigenvalue weighted by Gasteiger charge is 2.28. The maximum atomic E-state index is 6.15. The van der Waals surface area contributed by atoms with Crippen LogP contribution in [0.1, 0.15) is 65.0 Å². The van der Waals surface area contributed by atoms with Crippen molar-refractivity contribution in [3.8, 4) is 0 Å². The van der Waals surface area contributed by atoms with Gasteiger partial charge in [0.1, 0.15) is 11.3 Å². The average molecular weight is 475 g/mol. The van der Waals surface area contributed by atoms with Gasteiger partial charge in [-0.2, -0.15) is 10.3 Å². The molecule has 1 aliphatic rings. The highest BCUT2D eigenvalue weighted by molar-refractivity contribution is 5.77. The lowest BCUT2D eigenvalue weighted by Gasteiger charge is -2.33. The summed E-state index contributed by atoms with van der Waals surface area (Å²) in [5, 5.41) is 15.2. The second-order valence-corrected chi connectivity index (χ2v) is 9.56. The van der Waals surface area contributed by atoms with Crippen LogP contribution < -0.4 is 11.1 Å². The van der Waals surface area contributed by atoms with Gasteiger partial charge in [0.05, 0.1) is 0 Å². The quantitative estimate of drug-likeness (QED) is 0.281. The van der Waals surface area contributed by atoms with Crippen LogP contribution in [0.25, 0.3) is 11.2 Å². The average Bonchev–Trinajstić information content (AvgIpc) is 3.40. The number of fused-ring (bicyclic) bond motifs is 2. The summed E-state index contributed by atoms with van der Waals surface area (Å²) < 4.78 is 0. The molecular weight excluding hydrogens is 444 g/mol. The fourth-order valence-electron chi connectivity index (χ4n) is 5.77. The van der Waals surface area contributed by atoms with Gasteiger partial charge in [-0.1, -0.05) is 84.9 Å². The first-order valence-corrected chi connectivity index (χ1v) is 12.7. The number of aromatic nitrogens is 4. The lowest BCUT2D eigenvalue weighted by atomic mass is 9.76. The summed E-state index contributed by atoms with van der Waals surface area (Å²) in [4.78, 5) is 4.34. The molecule has 5 aromatic rings. The summed E-state index contributed by atoms with van der Waals surface area (Å²) in [5.74, 6) is 1.05. The number of anilines is 1. The number of H-pyrrole nitrogens is 1. The minimum absolute atomic E-state index is 0.132. The number of nitrogen functional groups attached to an aromatic ring is 1. The van der Waals surface area contributed by atoms with E-state index in [1.54, 1.807) is 0 Å². The number of benzene rings is 3.